The Morgan fingerprint density at radius 3 is 2.75 bits per heavy atom. The molecule has 1 aromatic carbocycles. The first-order chi connectivity index (χ1) is 9.49. The Kier molecular flexibility index (Phi) is 4.62. The molecular formula is C15H24N4O. The van der Waals surface area contributed by atoms with Gasteiger partial charge in [0, 0.05) is 24.3 Å². The number of nitrogens with zero attached hydrogens (tertiary/aromatic N) is 3. The van der Waals surface area contributed by atoms with Gasteiger partial charge in [-0.1, -0.05) is 6.92 Å². The van der Waals surface area contributed by atoms with E-state index in [4.69, 9.17) is 10.2 Å². The van der Waals surface area contributed by atoms with Crippen molar-refractivity contribution in [1.29, 1.82) is 0 Å². The van der Waals surface area contributed by atoms with E-state index in [0.29, 0.717) is 11.7 Å². The minimum Gasteiger partial charge on any atom is -0.439 e. The van der Waals surface area contributed by atoms with Crippen LogP contribution in [0.2, 0.25) is 0 Å². The van der Waals surface area contributed by atoms with Crippen molar-refractivity contribution in [2.45, 2.75) is 26.4 Å². The maximum Gasteiger partial charge on any atom is 0.209 e. The fourth-order valence-corrected chi connectivity index (χ4v) is 2.45. The molecule has 1 aromatic heterocycles. The monoisotopic (exact) mass is 276 g/mol. The third kappa shape index (κ3) is 3.49. The highest BCUT2D eigenvalue weighted by Crippen LogP contribution is 2.19. The maximum atomic E-state index is 5.79. The zero-order valence-corrected chi connectivity index (χ0v) is 12.8. The number of fused-ring (bicyclic) bond motifs is 1. The summed E-state index contributed by atoms with van der Waals surface area (Å²) in [5.41, 5.74) is 8.09. The number of nitrogen functional groups attached to an aromatic ring is 1. The number of aromatic nitrogens is 1. The van der Waals surface area contributed by atoms with E-state index in [-0.39, 0.29) is 0 Å². The second-order valence-electron chi connectivity index (χ2n) is 5.51. The molecule has 0 aliphatic heterocycles. The topological polar surface area (TPSA) is 58.5 Å². The lowest BCUT2D eigenvalue weighted by Gasteiger charge is -2.28. The molecule has 2 N–H and O–H groups in total. The summed E-state index contributed by atoms with van der Waals surface area (Å²) in [5, 5.41) is 0. The number of likely N-dealkylation sites (N-methyl/N-ethyl adjacent to an activating group) is 2. The van der Waals surface area contributed by atoms with Crippen molar-refractivity contribution < 1.29 is 4.42 Å². The normalized spacial score (nSPS) is 13.5. The first-order valence-electron chi connectivity index (χ1n) is 7.03. The van der Waals surface area contributed by atoms with E-state index in [0.717, 1.165) is 36.6 Å². The Bertz CT molecular complexity index is 564. The number of rotatable bonds is 6. The predicted molar refractivity (Wildman–Crippen MR) is 82.5 cm³/mol. The Morgan fingerprint density at radius 2 is 2.10 bits per heavy atom. The van der Waals surface area contributed by atoms with Crippen molar-refractivity contribution in [1.82, 2.24) is 14.8 Å². The van der Waals surface area contributed by atoms with Gasteiger partial charge >= 0.3 is 0 Å². The fourth-order valence-electron chi connectivity index (χ4n) is 2.45. The molecule has 1 atom stereocenters. The van der Waals surface area contributed by atoms with Gasteiger partial charge in [-0.15, -0.1) is 0 Å². The molecule has 0 saturated heterocycles. The van der Waals surface area contributed by atoms with Crippen LogP contribution in [-0.2, 0) is 6.54 Å². The van der Waals surface area contributed by atoms with Crippen LogP contribution in [-0.4, -0.2) is 48.0 Å². The van der Waals surface area contributed by atoms with E-state index in [2.05, 4.69) is 42.7 Å². The first kappa shape index (κ1) is 14.8. The average molecular weight is 276 g/mol. The largest absolute Gasteiger partial charge is 0.439 e. The average Bonchev–Trinajstić information content (AvgIpc) is 2.76. The van der Waals surface area contributed by atoms with E-state index >= 15 is 0 Å². The molecule has 5 nitrogen and oxygen atoms in total. The molecule has 110 valence electrons. The molecule has 1 unspecified atom stereocenters. The summed E-state index contributed by atoms with van der Waals surface area (Å²) in [4.78, 5) is 9.08. The molecule has 0 radical (unpaired) electrons. The van der Waals surface area contributed by atoms with Crippen LogP contribution in [0.4, 0.5) is 5.69 Å². The van der Waals surface area contributed by atoms with Crippen LogP contribution < -0.4 is 5.73 Å². The highest BCUT2D eigenvalue weighted by molar-refractivity contribution is 5.76. The van der Waals surface area contributed by atoms with Crippen LogP contribution in [0.3, 0.4) is 0 Å². The molecule has 0 aliphatic carbocycles. The zero-order valence-electron chi connectivity index (χ0n) is 12.8. The molecule has 0 bridgehead atoms. The molecule has 5 heteroatoms. The predicted octanol–water partition coefficient (Wildman–Crippen LogP) is 2.18. The number of hydrogen-bond donors (Lipinski definition) is 1. The van der Waals surface area contributed by atoms with Crippen LogP contribution in [0.25, 0.3) is 11.1 Å². The number of anilines is 1. The Balaban J connectivity index is 2.12. The highest BCUT2D eigenvalue weighted by atomic mass is 16.3. The van der Waals surface area contributed by atoms with Gasteiger partial charge in [-0.25, -0.2) is 4.98 Å². The number of hydrogen-bond acceptors (Lipinski definition) is 5. The van der Waals surface area contributed by atoms with Gasteiger partial charge in [0.25, 0.3) is 0 Å². The number of benzene rings is 1. The Labute approximate surface area is 120 Å². The van der Waals surface area contributed by atoms with Crippen molar-refractivity contribution in [2.24, 2.45) is 0 Å². The van der Waals surface area contributed by atoms with Gasteiger partial charge in [-0.2, -0.15) is 0 Å². The third-order valence-electron chi connectivity index (χ3n) is 3.45. The van der Waals surface area contributed by atoms with Crippen molar-refractivity contribution in [2.75, 3.05) is 32.9 Å². The zero-order chi connectivity index (χ0) is 14.7. The molecule has 2 rings (SSSR count). The summed E-state index contributed by atoms with van der Waals surface area (Å²) in [5.74, 6) is 0.748. The summed E-state index contributed by atoms with van der Waals surface area (Å²) < 4.78 is 5.79. The van der Waals surface area contributed by atoms with Gasteiger partial charge in [-0.05, 0) is 39.7 Å². The summed E-state index contributed by atoms with van der Waals surface area (Å²) >= 11 is 0. The minimum atomic E-state index is 0.454. The molecular weight excluding hydrogens is 252 g/mol. The SMILES string of the molecule is CCN(Cc1nc2ccc(N)cc2o1)C(C)CN(C)C. The van der Waals surface area contributed by atoms with E-state index < -0.39 is 0 Å². The second-order valence-corrected chi connectivity index (χ2v) is 5.51. The summed E-state index contributed by atoms with van der Waals surface area (Å²) in [6.07, 6.45) is 0. The van der Waals surface area contributed by atoms with Crippen molar-refractivity contribution in [3.63, 3.8) is 0 Å². The number of nitrogens with two attached hydrogens (primary N) is 1. The van der Waals surface area contributed by atoms with Gasteiger partial charge in [-0.3, -0.25) is 4.90 Å². The van der Waals surface area contributed by atoms with Gasteiger partial charge in [0.05, 0.1) is 6.54 Å². The molecule has 0 saturated carbocycles. The first-order valence-corrected chi connectivity index (χ1v) is 7.03. The molecule has 2 aromatic rings. The lowest BCUT2D eigenvalue weighted by molar-refractivity contribution is 0.161. The van der Waals surface area contributed by atoms with E-state index in [1.54, 1.807) is 0 Å². The molecule has 20 heavy (non-hydrogen) atoms. The quantitative estimate of drug-likeness (QED) is 0.820. The number of oxazole rings is 1. The Morgan fingerprint density at radius 1 is 1.35 bits per heavy atom. The van der Waals surface area contributed by atoms with E-state index in [9.17, 15) is 0 Å². The molecule has 0 amide bonds. The van der Waals surface area contributed by atoms with Gasteiger partial charge < -0.3 is 15.1 Å². The molecule has 0 spiro atoms. The van der Waals surface area contributed by atoms with Crippen molar-refractivity contribution in [3.8, 4) is 0 Å². The van der Waals surface area contributed by atoms with Gasteiger partial charge in [0.2, 0.25) is 5.89 Å². The third-order valence-corrected chi connectivity index (χ3v) is 3.45. The second kappa shape index (κ2) is 6.24. The van der Waals surface area contributed by atoms with E-state index in [1.165, 1.54) is 0 Å². The highest BCUT2D eigenvalue weighted by Gasteiger charge is 2.16. The van der Waals surface area contributed by atoms with Crippen LogP contribution in [0.1, 0.15) is 19.7 Å². The van der Waals surface area contributed by atoms with Crippen LogP contribution in [0, 0.1) is 0 Å². The summed E-state index contributed by atoms with van der Waals surface area (Å²) in [6.45, 7) is 7.09. The maximum absolute atomic E-state index is 5.79. The lowest BCUT2D eigenvalue weighted by atomic mass is 10.2. The standard InChI is InChI=1S/C15H24N4O/c1-5-19(11(2)9-18(3)4)10-15-17-13-7-6-12(16)8-14(13)20-15/h6-8,11H,5,9-10,16H2,1-4H3. The van der Waals surface area contributed by atoms with E-state index in [1.807, 2.05) is 18.2 Å². The minimum absolute atomic E-state index is 0.454. The van der Waals surface area contributed by atoms with Crippen LogP contribution in [0.15, 0.2) is 22.6 Å². The molecule has 0 fully saturated rings. The van der Waals surface area contributed by atoms with Gasteiger partial charge in [0.15, 0.2) is 5.58 Å². The van der Waals surface area contributed by atoms with Crippen molar-refractivity contribution in [3.05, 3.63) is 24.1 Å². The molecule has 0 aliphatic rings. The lowest BCUT2D eigenvalue weighted by Crippen LogP contribution is -2.39. The van der Waals surface area contributed by atoms with Crippen LogP contribution >= 0.6 is 0 Å². The molecule has 1 heterocycles. The van der Waals surface area contributed by atoms with Crippen LogP contribution in [0.5, 0.6) is 0 Å². The smallest absolute Gasteiger partial charge is 0.209 e. The van der Waals surface area contributed by atoms with Gasteiger partial charge in [0.1, 0.15) is 5.52 Å². The summed E-state index contributed by atoms with van der Waals surface area (Å²) in [7, 11) is 4.18. The Hall–Kier alpha value is -1.59. The summed E-state index contributed by atoms with van der Waals surface area (Å²) in [6, 6.07) is 6.03. The van der Waals surface area contributed by atoms with Crippen molar-refractivity contribution >= 4 is 16.8 Å². The fraction of sp³-hybridized carbons (Fsp3) is 0.533.